The number of nitrogens with two attached hydrogens (primary N) is 2. The molecule has 0 aliphatic heterocycles. The number of fused-ring (bicyclic) bond motifs is 2. The van der Waals surface area contributed by atoms with Crippen LogP contribution < -0.4 is 16.8 Å². The molecule has 6 nitrogen and oxygen atoms in total. The third-order valence-electron chi connectivity index (χ3n) is 4.42. The Labute approximate surface area is 199 Å². The Morgan fingerprint density at radius 3 is 1.70 bits per heavy atom. The van der Waals surface area contributed by atoms with Gasteiger partial charge in [-0.3, -0.25) is 9.97 Å². The monoisotopic (exact) mass is 487 g/mol. The molecule has 0 saturated heterocycles. The van der Waals surface area contributed by atoms with Gasteiger partial charge in [-0.25, -0.2) is 0 Å². The molecule has 0 unspecified atom stereocenters. The number of nitrogens with zero attached hydrogens (tertiary/aromatic N) is 2. The smallest absolute Gasteiger partial charge is 0.332 e. The largest absolute Gasteiger partial charge is 0.398 e. The van der Waals surface area contributed by atoms with Crippen molar-refractivity contribution in [3.8, 4) is 0 Å². The van der Waals surface area contributed by atoms with Crippen LogP contribution in [0, 0.1) is 6.92 Å². The predicted octanol–water partition coefficient (Wildman–Crippen LogP) is 6.54. The number of pyridine rings is 2. The van der Waals surface area contributed by atoms with E-state index in [2.05, 4.69) is 9.97 Å². The van der Waals surface area contributed by atoms with Gasteiger partial charge >= 0.3 is 7.80 Å². The summed E-state index contributed by atoms with van der Waals surface area (Å²) in [5, 5.41) is 2.77. The Kier molecular flexibility index (Phi) is 11.9. The van der Waals surface area contributed by atoms with Gasteiger partial charge < -0.3 is 16.0 Å². The molecule has 4 N–H and O–H groups in total. The Morgan fingerprint density at radius 1 is 0.788 bits per heavy atom. The molecule has 0 saturated carbocycles. The highest BCUT2D eigenvalue weighted by atomic mass is 31.2. The summed E-state index contributed by atoms with van der Waals surface area (Å²) in [5.74, 6) is 0. The lowest BCUT2D eigenvalue weighted by Crippen LogP contribution is -2.11. The molecule has 8 heteroatoms. The fourth-order valence-electron chi connectivity index (χ4n) is 3.07. The van der Waals surface area contributed by atoms with E-state index >= 15 is 0 Å². The normalized spacial score (nSPS) is 9.97. The third-order valence-corrected chi connectivity index (χ3v) is 6.00. The van der Waals surface area contributed by atoms with Gasteiger partial charge in [-0.1, -0.05) is 31.6 Å². The number of rotatable bonds is 1. The summed E-state index contributed by atoms with van der Waals surface area (Å²) in [6.07, 6.45) is 3.51. The quantitative estimate of drug-likeness (QED) is 0.233. The van der Waals surface area contributed by atoms with Gasteiger partial charge in [0.15, 0.2) is 0 Å². The first-order valence-corrected chi connectivity index (χ1v) is 14.4. The molecule has 2 aromatic heterocycles. The molecular weight excluding hydrogens is 450 g/mol. The Bertz CT molecular complexity index is 1270. The molecule has 178 valence electrons. The lowest BCUT2D eigenvalue weighted by atomic mass is 10.1. The van der Waals surface area contributed by atoms with Crippen LogP contribution in [-0.4, -0.2) is 36.6 Å². The summed E-state index contributed by atoms with van der Waals surface area (Å²) in [6, 6.07) is 15.2. The van der Waals surface area contributed by atoms with Crippen LogP contribution in [0.25, 0.3) is 21.8 Å². The molecule has 0 aliphatic rings. The van der Waals surface area contributed by atoms with Gasteiger partial charge in [0.05, 0.1) is 11.0 Å². The molecule has 0 radical (unpaired) electrons. The number of nitrogen functional groups attached to an aromatic ring is 2. The zero-order valence-electron chi connectivity index (χ0n) is 18.5. The summed E-state index contributed by atoms with van der Waals surface area (Å²) >= 11 is 0. The van der Waals surface area contributed by atoms with E-state index in [0.717, 1.165) is 38.4 Å². The summed E-state index contributed by atoms with van der Waals surface area (Å²) in [7, 11) is -3.24. The van der Waals surface area contributed by atoms with Gasteiger partial charge in [0.25, 0.3) is 0 Å². The highest BCUT2D eigenvalue weighted by molar-refractivity contribution is 7.71. The number of anilines is 2. The molecule has 0 aliphatic carbocycles. The van der Waals surface area contributed by atoms with Crippen molar-refractivity contribution in [2.45, 2.75) is 21.8 Å². The molecule has 4 rings (SSSR count). The molecule has 2 heterocycles. The number of aromatic nitrogens is 2. The fraction of sp³-hybridized carbons (Fsp3) is 0.280. The Hall–Kier alpha value is -2.81. The lowest BCUT2D eigenvalue weighted by molar-refractivity contribution is 0.588. The highest BCUT2D eigenvalue weighted by Crippen LogP contribution is 2.39. The van der Waals surface area contributed by atoms with Crippen LogP contribution >= 0.6 is 14.9 Å². The van der Waals surface area contributed by atoms with Crippen molar-refractivity contribution in [3.05, 3.63) is 66.5 Å². The second kappa shape index (κ2) is 13.0. The average molecular weight is 488 g/mol. The standard InChI is InChI=1S/C11H13N2OP.C10H10N2.C2H6OP.2CH4/c1-15(2,14)11-8-4-3-7-13-10(8)6-5-9(11)12;1-7-8-3-2-6-12-10(8)5-4-9(7)11;1-4(2)3;;/h3-7H,12H2,1-2H3;2-6H,11H2,1H3;1-2H3;2*1H4/q;;+1;;. The zero-order valence-corrected chi connectivity index (χ0v) is 20.3. The van der Waals surface area contributed by atoms with Crippen molar-refractivity contribution in [1.82, 2.24) is 9.97 Å². The Morgan fingerprint density at radius 2 is 1.21 bits per heavy atom. The first-order valence-electron chi connectivity index (χ1n) is 9.65. The molecule has 2 aromatic carbocycles. The van der Waals surface area contributed by atoms with Crippen molar-refractivity contribution in [1.29, 1.82) is 0 Å². The number of hydrogen-bond acceptors (Lipinski definition) is 6. The van der Waals surface area contributed by atoms with Crippen LogP contribution in [0.5, 0.6) is 0 Å². The van der Waals surface area contributed by atoms with Gasteiger partial charge in [-0.15, -0.1) is 0 Å². The van der Waals surface area contributed by atoms with Crippen LogP contribution in [0.4, 0.5) is 11.4 Å². The maximum atomic E-state index is 12.1. The van der Waals surface area contributed by atoms with E-state index in [1.54, 1.807) is 45.1 Å². The minimum absolute atomic E-state index is 0. The third kappa shape index (κ3) is 8.24. The molecule has 4 aromatic rings. The second-order valence-electron chi connectivity index (χ2n) is 7.59. The van der Waals surface area contributed by atoms with E-state index < -0.39 is 14.9 Å². The van der Waals surface area contributed by atoms with Gasteiger partial charge in [0.1, 0.15) is 20.5 Å². The second-order valence-corrected chi connectivity index (χ2v) is 12.4. The van der Waals surface area contributed by atoms with Crippen LogP contribution in [0.1, 0.15) is 20.4 Å². The molecule has 0 spiro atoms. The van der Waals surface area contributed by atoms with E-state index in [4.69, 9.17) is 11.5 Å². The molecule has 0 fully saturated rings. The van der Waals surface area contributed by atoms with E-state index in [1.165, 1.54) is 0 Å². The maximum Gasteiger partial charge on any atom is 0.332 e. The first kappa shape index (κ1) is 30.2. The molecule has 0 bridgehead atoms. The minimum atomic E-state index is -2.37. The van der Waals surface area contributed by atoms with Gasteiger partial charge in [0, 0.05) is 39.8 Å². The summed E-state index contributed by atoms with van der Waals surface area (Å²) in [6.45, 7) is 8.82. The topological polar surface area (TPSA) is 112 Å². The fourth-order valence-corrected chi connectivity index (χ4v) is 4.54. The molecule has 33 heavy (non-hydrogen) atoms. The van der Waals surface area contributed by atoms with Gasteiger partial charge in [-0.2, -0.15) is 0 Å². The van der Waals surface area contributed by atoms with Crippen molar-refractivity contribution in [2.24, 2.45) is 0 Å². The maximum absolute atomic E-state index is 12.1. The van der Waals surface area contributed by atoms with Gasteiger partial charge in [-0.05, 0) is 62.2 Å². The zero-order chi connectivity index (χ0) is 23.2. The number of aryl methyl sites for hydroxylation is 1. The molecular formula is C25H37N4O2P2+. The molecule has 0 atom stereocenters. The SMILES string of the molecule is C.C.CP(C)(=O)c1c(N)ccc2ncccc12.C[P+](C)=O.Cc1c(N)ccc2ncccc12. The van der Waals surface area contributed by atoms with Crippen molar-refractivity contribution < 1.29 is 9.13 Å². The average Bonchev–Trinajstić information content (AvgIpc) is 2.70. The van der Waals surface area contributed by atoms with Crippen LogP contribution in [0.15, 0.2) is 60.9 Å². The lowest BCUT2D eigenvalue weighted by Gasteiger charge is -2.13. The van der Waals surface area contributed by atoms with E-state index in [9.17, 15) is 9.13 Å². The van der Waals surface area contributed by atoms with Crippen molar-refractivity contribution in [2.75, 3.05) is 38.1 Å². The summed E-state index contributed by atoms with van der Waals surface area (Å²) in [5.41, 5.74) is 16.0. The van der Waals surface area contributed by atoms with Crippen molar-refractivity contribution >= 4 is 53.4 Å². The van der Waals surface area contributed by atoms with Crippen LogP contribution in [0.3, 0.4) is 0 Å². The van der Waals surface area contributed by atoms with E-state index in [1.807, 2.05) is 49.4 Å². The Balaban J connectivity index is 0.000000516. The van der Waals surface area contributed by atoms with Crippen LogP contribution in [0.2, 0.25) is 0 Å². The minimum Gasteiger partial charge on any atom is -0.398 e. The number of hydrogen-bond donors (Lipinski definition) is 2. The van der Waals surface area contributed by atoms with Crippen LogP contribution in [-0.2, 0) is 9.13 Å². The first-order chi connectivity index (χ1) is 14.5. The summed E-state index contributed by atoms with van der Waals surface area (Å²) < 4.78 is 21.7. The van der Waals surface area contributed by atoms with Gasteiger partial charge in [0.2, 0.25) is 0 Å². The highest BCUT2D eigenvalue weighted by Gasteiger charge is 2.18. The van der Waals surface area contributed by atoms with Crippen molar-refractivity contribution in [3.63, 3.8) is 0 Å². The summed E-state index contributed by atoms with van der Waals surface area (Å²) in [4.78, 5) is 8.45. The van der Waals surface area contributed by atoms with E-state index in [0.29, 0.717) is 5.69 Å². The van der Waals surface area contributed by atoms with E-state index in [-0.39, 0.29) is 14.9 Å². The predicted molar refractivity (Wildman–Crippen MR) is 149 cm³/mol. The molecule has 0 amide bonds. The number of benzene rings is 2.